The molecule has 88 valence electrons. The molecular weight excluding hydrogens is 208 g/mol. The third-order valence-corrected chi connectivity index (χ3v) is 2.76. The summed E-state index contributed by atoms with van der Waals surface area (Å²) in [5, 5.41) is 6.92. The molecule has 6 heteroatoms. The first-order chi connectivity index (χ1) is 7.50. The molecule has 16 heavy (non-hydrogen) atoms. The lowest BCUT2D eigenvalue weighted by Crippen LogP contribution is -2.60. The highest BCUT2D eigenvalue weighted by atomic mass is 16.5. The van der Waals surface area contributed by atoms with Crippen LogP contribution in [0.2, 0.25) is 0 Å². The summed E-state index contributed by atoms with van der Waals surface area (Å²) in [4.78, 5) is 17.9. The van der Waals surface area contributed by atoms with Crippen molar-refractivity contribution in [3.05, 3.63) is 11.7 Å². The second-order valence-corrected chi connectivity index (χ2v) is 4.58. The van der Waals surface area contributed by atoms with Crippen molar-refractivity contribution in [1.82, 2.24) is 20.4 Å². The van der Waals surface area contributed by atoms with Crippen LogP contribution in [-0.2, 0) is 0 Å². The monoisotopic (exact) mass is 224 g/mol. The minimum Gasteiger partial charge on any atom is -0.339 e. The second-order valence-electron chi connectivity index (χ2n) is 4.58. The number of nitrogens with one attached hydrogen (secondary N) is 1. The van der Waals surface area contributed by atoms with Crippen molar-refractivity contribution in [3.8, 4) is 0 Å². The van der Waals surface area contributed by atoms with Crippen LogP contribution in [0.1, 0.15) is 30.4 Å². The summed E-state index contributed by atoms with van der Waals surface area (Å²) < 4.78 is 4.82. The Bertz CT molecular complexity index is 399. The molecule has 1 aromatic rings. The zero-order valence-corrected chi connectivity index (χ0v) is 9.78. The maximum atomic E-state index is 12.1. The number of amides is 1. The zero-order chi connectivity index (χ0) is 11.8. The van der Waals surface area contributed by atoms with Crippen molar-refractivity contribution in [1.29, 1.82) is 0 Å². The Balaban J connectivity index is 2.20. The van der Waals surface area contributed by atoms with Crippen LogP contribution in [0.5, 0.6) is 0 Å². The maximum Gasteiger partial charge on any atom is 0.295 e. The van der Waals surface area contributed by atoms with E-state index in [1.165, 1.54) is 0 Å². The van der Waals surface area contributed by atoms with Crippen LogP contribution in [-0.4, -0.2) is 46.1 Å². The molecule has 1 amide bonds. The summed E-state index contributed by atoms with van der Waals surface area (Å²) in [6, 6.07) is 0. The third-order valence-electron chi connectivity index (χ3n) is 2.76. The van der Waals surface area contributed by atoms with Gasteiger partial charge in [-0.1, -0.05) is 5.16 Å². The predicted octanol–water partition coefficient (Wildman–Crippen LogP) is 0.202. The van der Waals surface area contributed by atoms with Crippen molar-refractivity contribution in [2.24, 2.45) is 0 Å². The molecule has 0 aromatic carbocycles. The van der Waals surface area contributed by atoms with Crippen LogP contribution in [0.3, 0.4) is 0 Å². The molecule has 0 atom stereocenters. The lowest BCUT2D eigenvalue weighted by molar-refractivity contribution is 0.0462. The average Bonchev–Trinajstić information content (AvgIpc) is 2.63. The number of nitrogens with zero attached hydrogens (tertiary/aromatic N) is 3. The highest BCUT2D eigenvalue weighted by Gasteiger charge is 2.35. The van der Waals surface area contributed by atoms with E-state index in [0.717, 1.165) is 13.1 Å². The number of aryl methyl sites for hydroxylation is 1. The van der Waals surface area contributed by atoms with Gasteiger partial charge in [-0.3, -0.25) is 4.79 Å². The van der Waals surface area contributed by atoms with E-state index in [-0.39, 0.29) is 17.3 Å². The fraction of sp³-hybridized carbons (Fsp3) is 0.700. The number of aromatic nitrogens is 2. The van der Waals surface area contributed by atoms with E-state index < -0.39 is 0 Å². The highest BCUT2D eigenvalue weighted by Crippen LogP contribution is 2.18. The van der Waals surface area contributed by atoms with Crippen molar-refractivity contribution in [2.45, 2.75) is 26.3 Å². The van der Waals surface area contributed by atoms with Crippen LogP contribution < -0.4 is 5.32 Å². The smallest absolute Gasteiger partial charge is 0.295 e. The summed E-state index contributed by atoms with van der Waals surface area (Å²) in [6.07, 6.45) is 0. The molecule has 1 aliphatic heterocycles. The zero-order valence-electron chi connectivity index (χ0n) is 9.78. The first-order valence-corrected chi connectivity index (χ1v) is 5.34. The first kappa shape index (κ1) is 11.1. The topological polar surface area (TPSA) is 71.3 Å². The van der Waals surface area contributed by atoms with E-state index in [1.54, 1.807) is 11.8 Å². The Morgan fingerprint density at radius 3 is 2.88 bits per heavy atom. The quantitative estimate of drug-likeness (QED) is 0.738. The summed E-state index contributed by atoms with van der Waals surface area (Å²) in [7, 11) is 0. The number of carbonyl (C=O) groups excluding carboxylic acids is 1. The second kappa shape index (κ2) is 3.86. The number of hydrogen-bond acceptors (Lipinski definition) is 5. The lowest BCUT2D eigenvalue weighted by Gasteiger charge is -2.42. The molecule has 1 fully saturated rings. The molecule has 2 rings (SSSR count). The van der Waals surface area contributed by atoms with Gasteiger partial charge in [-0.2, -0.15) is 4.98 Å². The fourth-order valence-electron chi connectivity index (χ4n) is 1.87. The van der Waals surface area contributed by atoms with E-state index in [0.29, 0.717) is 12.4 Å². The highest BCUT2D eigenvalue weighted by molar-refractivity contribution is 5.91. The molecule has 1 aliphatic rings. The van der Waals surface area contributed by atoms with E-state index in [1.807, 2.05) is 13.8 Å². The van der Waals surface area contributed by atoms with Gasteiger partial charge in [0.2, 0.25) is 5.89 Å². The molecular formula is C10H16N4O2. The molecule has 0 aliphatic carbocycles. The van der Waals surface area contributed by atoms with E-state index in [9.17, 15) is 4.79 Å². The van der Waals surface area contributed by atoms with Gasteiger partial charge in [0.15, 0.2) is 0 Å². The third kappa shape index (κ3) is 1.92. The number of piperazine rings is 1. The normalized spacial score (nSPS) is 19.8. The van der Waals surface area contributed by atoms with Gasteiger partial charge < -0.3 is 14.7 Å². The molecule has 0 bridgehead atoms. The Kier molecular flexibility index (Phi) is 2.67. The van der Waals surface area contributed by atoms with Crippen LogP contribution in [0.25, 0.3) is 0 Å². The summed E-state index contributed by atoms with van der Waals surface area (Å²) in [6.45, 7) is 7.95. The Labute approximate surface area is 94.0 Å². The van der Waals surface area contributed by atoms with Crippen molar-refractivity contribution in [3.63, 3.8) is 0 Å². The van der Waals surface area contributed by atoms with Crippen LogP contribution >= 0.6 is 0 Å². The van der Waals surface area contributed by atoms with Crippen molar-refractivity contribution in [2.75, 3.05) is 19.6 Å². The van der Waals surface area contributed by atoms with Gasteiger partial charge >= 0.3 is 0 Å². The maximum absolute atomic E-state index is 12.1. The van der Waals surface area contributed by atoms with Gasteiger partial charge in [0.05, 0.1) is 5.54 Å². The summed E-state index contributed by atoms with van der Waals surface area (Å²) in [5.74, 6) is 0.395. The molecule has 1 aromatic heterocycles. The van der Waals surface area contributed by atoms with E-state index in [4.69, 9.17) is 4.52 Å². The number of carbonyl (C=O) groups is 1. The molecule has 1 saturated heterocycles. The predicted molar refractivity (Wildman–Crippen MR) is 57.0 cm³/mol. The molecule has 0 unspecified atom stereocenters. The largest absolute Gasteiger partial charge is 0.339 e. The standard InChI is InChI=1S/C10H16N4O2/c1-7-12-8(13-16-7)9(15)14-5-4-11-6-10(14,2)3/h11H,4-6H2,1-3H3. The molecule has 2 heterocycles. The summed E-state index contributed by atoms with van der Waals surface area (Å²) in [5.41, 5.74) is -0.218. The van der Waals surface area contributed by atoms with Gasteiger partial charge in [0.1, 0.15) is 0 Å². The van der Waals surface area contributed by atoms with Gasteiger partial charge in [-0.15, -0.1) is 0 Å². The van der Waals surface area contributed by atoms with Gasteiger partial charge in [-0.05, 0) is 13.8 Å². The van der Waals surface area contributed by atoms with Crippen molar-refractivity contribution < 1.29 is 9.32 Å². The Hall–Kier alpha value is -1.43. The lowest BCUT2D eigenvalue weighted by atomic mass is 10.00. The Morgan fingerprint density at radius 1 is 1.56 bits per heavy atom. The molecule has 0 saturated carbocycles. The van der Waals surface area contributed by atoms with E-state index >= 15 is 0 Å². The van der Waals surface area contributed by atoms with E-state index in [2.05, 4.69) is 15.5 Å². The SMILES string of the molecule is Cc1nc(C(=O)N2CCNCC2(C)C)no1. The molecule has 6 nitrogen and oxygen atoms in total. The van der Waals surface area contributed by atoms with Crippen LogP contribution in [0, 0.1) is 6.92 Å². The fourth-order valence-corrected chi connectivity index (χ4v) is 1.87. The van der Waals surface area contributed by atoms with Gasteiger partial charge in [0, 0.05) is 26.6 Å². The molecule has 0 radical (unpaired) electrons. The minimum atomic E-state index is -0.218. The molecule has 1 N–H and O–H groups in total. The number of rotatable bonds is 1. The van der Waals surface area contributed by atoms with Crippen molar-refractivity contribution >= 4 is 5.91 Å². The van der Waals surface area contributed by atoms with Gasteiger partial charge in [0.25, 0.3) is 11.7 Å². The van der Waals surface area contributed by atoms with Gasteiger partial charge in [-0.25, -0.2) is 0 Å². The first-order valence-electron chi connectivity index (χ1n) is 5.34. The average molecular weight is 224 g/mol. The number of hydrogen-bond donors (Lipinski definition) is 1. The Morgan fingerprint density at radius 2 is 2.31 bits per heavy atom. The minimum absolute atomic E-state index is 0.146. The van der Waals surface area contributed by atoms with Crippen LogP contribution in [0.15, 0.2) is 4.52 Å². The molecule has 0 spiro atoms. The van der Waals surface area contributed by atoms with Crippen LogP contribution in [0.4, 0.5) is 0 Å². The summed E-state index contributed by atoms with van der Waals surface area (Å²) >= 11 is 0.